The van der Waals surface area contributed by atoms with Gasteiger partial charge in [-0.25, -0.2) is 0 Å². The molecule has 0 saturated carbocycles. The Morgan fingerprint density at radius 3 is 2.36 bits per heavy atom. The smallest absolute Gasteiger partial charge is 0.269 e. The van der Waals surface area contributed by atoms with Crippen LogP contribution in [0.3, 0.4) is 0 Å². The van der Waals surface area contributed by atoms with Crippen LogP contribution >= 0.6 is 0 Å². The molecule has 0 bridgehead atoms. The second kappa shape index (κ2) is 8.79. The van der Waals surface area contributed by atoms with Gasteiger partial charge in [-0.1, -0.05) is 30.3 Å². The van der Waals surface area contributed by atoms with E-state index in [-0.39, 0.29) is 24.2 Å². The zero-order valence-electron chi connectivity index (χ0n) is 14.2. The minimum absolute atomic E-state index is 0.0214. The highest BCUT2D eigenvalue weighted by atomic mass is 16.6. The van der Waals surface area contributed by atoms with Crippen LogP contribution < -0.4 is 10.1 Å². The van der Waals surface area contributed by atoms with Crippen molar-refractivity contribution in [3.63, 3.8) is 0 Å². The van der Waals surface area contributed by atoms with Crippen molar-refractivity contribution in [2.24, 2.45) is 0 Å². The van der Waals surface area contributed by atoms with Crippen molar-refractivity contribution in [3.05, 3.63) is 70.3 Å². The van der Waals surface area contributed by atoms with Crippen molar-refractivity contribution in [1.29, 1.82) is 0 Å². The first-order valence-corrected chi connectivity index (χ1v) is 7.82. The van der Waals surface area contributed by atoms with E-state index in [1.165, 1.54) is 24.3 Å². The Morgan fingerprint density at radius 2 is 1.80 bits per heavy atom. The third-order valence-electron chi connectivity index (χ3n) is 3.50. The van der Waals surface area contributed by atoms with Crippen molar-refractivity contribution < 1.29 is 14.5 Å². The number of nitro groups is 1. The normalized spacial score (nSPS) is 11.8. The molecule has 0 fully saturated rings. The fourth-order valence-corrected chi connectivity index (χ4v) is 2.33. The fourth-order valence-electron chi connectivity index (χ4n) is 2.33. The number of non-ortho nitro benzene ring substituents is 1. The summed E-state index contributed by atoms with van der Waals surface area (Å²) in [5, 5.41) is 13.6. The van der Waals surface area contributed by atoms with Gasteiger partial charge in [-0.15, -0.1) is 0 Å². The third-order valence-corrected chi connectivity index (χ3v) is 3.50. The molecule has 2 aromatic rings. The Kier molecular flexibility index (Phi) is 6.47. The molecule has 0 aliphatic carbocycles. The maximum absolute atomic E-state index is 12.2. The summed E-state index contributed by atoms with van der Waals surface area (Å²) in [7, 11) is 3.88. The number of hydrogen-bond donors (Lipinski definition) is 1. The van der Waals surface area contributed by atoms with Crippen LogP contribution in [0.25, 0.3) is 0 Å². The topological polar surface area (TPSA) is 84.7 Å². The van der Waals surface area contributed by atoms with Crippen LogP contribution in [0.4, 0.5) is 5.69 Å². The highest BCUT2D eigenvalue weighted by molar-refractivity contribution is 5.78. The van der Waals surface area contributed by atoms with Crippen molar-refractivity contribution in [2.75, 3.05) is 27.2 Å². The first-order valence-electron chi connectivity index (χ1n) is 7.82. The molecule has 0 radical (unpaired) electrons. The van der Waals surface area contributed by atoms with E-state index in [1.807, 2.05) is 49.3 Å². The van der Waals surface area contributed by atoms with Gasteiger partial charge in [-0.2, -0.15) is 0 Å². The standard InChI is InChI=1S/C18H21N3O4/c1-20(2)12-17(14-6-4-3-5-7-14)19-18(22)13-25-16-10-8-15(9-11-16)21(23)24/h3-11,17H,12-13H2,1-2H3,(H,19,22)/t17-/m0/s1. The van der Waals surface area contributed by atoms with Gasteiger partial charge < -0.3 is 15.0 Å². The van der Waals surface area contributed by atoms with E-state index >= 15 is 0 Å². The summed E-state index contributed by atoms with van der Waals surface area (Å²) in [6, 6.07) is 15.2. The Labute approximate surface area is 146 Å². The quantitative estimate of drug-likeness (QED) is 0.588. The van der Waals surface area contributed by atoms with Gasteiger partial charge in [-0.05, 0) is 31.8 Å². The van der Waals surface area contributed by atoms with Gasteiger partial charge in [0.1, 0.15) is 5.75 Å². The zero-order valence-corrected chi connectivity index (χ0v) is 14.2. The molecule has 7 nitrogen and oxygen atoms in total. The summed E-state index contributed by atoms with van der Waals surface area (Å²) in [6.45, 7) is 0.502. The summed E-state index contributed by atoms with van der Waals surface area (Å²) in [5.41, 5.74) is 0.992. The van der Waals surface area contributed by atoms with Crippen LogP contribution in [0.15, 0.2) is 54.6 Å². The first-order chi connectivity index (χ1) is 12.0. The Balaban J connectivity index is 1.93. The number of amides is 1. The second-order valence-corrected chi connectivity index (χ2v) is 5.83. The van der Waals surface area contributed by atoms with Crippen LogP contribution in [0.1, 0.15) is 11.6 Å². The van der Waals surface area contributed by atoms with E-state index in [4.69, 9.17) is 4.74 Å². The maximum Gasteiger partial charge on any atom is 0.269 e. The molecule has 0 unspecified atom stereocenters. The van der Waals surface area contributed by atoms with Crippen LogP contribution in [-0.2, 0) is 4.79 Å². The number of ether oxygens (including phenoxy) is 1. The molecule has 0 aromatic heterocycles. The van der Waals surface area contributed by atoms with Crippen molar-refractivity contribution in [1.82, 2.24) is 10.2 Å². The van der Waals surface area contributed by atoms with E-state index in [2.05, 4.69) is 5.32 Å². The van der Waals surface area contributed by atoms with Gasteiger partial charge in [0.2, 0.25) is 0 Å². The number of carbonyl (C=O) groups excluding carboxylic acids is 1. The third kappa shape index (κ3) is 5.89. The molecular weight excluding hydrogens is 322 g/mol. The molecule has 1 atom stereocenters. The fraction of sp³-hybridized carbons (Fsp3) is 0.278. The lowest BCUT2D eigenvalue weighted by Gasteiger charge is -2.23. The predicted molar refractivity (Wildman–Crippen MR) is 94.5 cm³/mol. The van der Waals surface area contributed by atoms with Crippen LogP contribution in [0.2, 0.25) is 0 Å². The number of carbonyl (C=O) groups is 1. The molecule has 0 heterocycles. The summed E-state index contributed by atoms with van der Waals surface area (Å²) >= 11 is 0. The molecule has 0 aliphatic heterocycles. The average molecular weight is 343 g/mol. The minimum atomic E-state index is -0.484. The van der Waals surface area contributed by atoms with E-state index in [0.29, 0.717) is 12.3 Å². The summed E-state index contributed by atoms with van der Waals surface area (Å²) in [4.78, 5) is 24.3. The van der Waals surface area contributed by atoms with Gasteiger partial charge in [0.05, 0.1) is 11.0 Å². The first kappa shape index (κ1) is 18.4. The van der Waals surface area contributed by atoms with E-state index < -0.39 is 4.92 Å². The number of benzene rings is 2. The number of nitrogens with one attached hydrogen (secondary N) is 1. The molecule has 0 saturated heterocycles. The summed E-state index contributed by atoms with van der Waals surface area (Å²) in [6.07, 6.45) is 0. The molecular formula is C18H21N3O4. The molecule has 132 valence electrons. The lowest BCUT2D eigenvalue weighted by Crippen LogP contribution is -2.37. The Bertz CT molecular complexity index is 702. The van der Waals surface area contributed by atoms with Gasteiger partial charge in [-0.3, -0.25) is 14.9 Å². The highest BCUT2D eigenvalue weighted by Gasteiger charge is 2.16. The summed E-state index contributed by atoms with van der Waals surface area (Å²) < 4.78 is 5.40. The SMILES string of the molecule is CN(C)C[C@H](NC(=O)COc1ccc([N+](=O)[O-])cc1)c1ccccc1. The minimum Gasteiger partial charge on any atom is -0.484 e. The predicted octanol–water partition coefficient (Wildman–Crippen LogP) is 2.39. The van der Waals surface area contributed by atoms with Crippen molar-refractivity contribution in [2.45, 2.75) is 6.04 Å². The molecule has 25 heavy (non-hydrogen) atoms. The van der Waals surface area contributed by atoms with Crippen LogP contribution in [-0.4, -0.2) is 43.0 Å². The lowest BCUT2D eigenvalue weighted by molar-refractivity contribution is -0.384. The van der Waals surface area contributed by atoms with Gasteiger partial charge in [0, 0.05) is 18.7 Å². The largest absolute Gasteiger partial charge is 0.484 e. The Morgan fingerprint density at radius 1 is 1.16 bits per heavy atom. The number of rotatable bonds is 8. The Hall–Kier alpha value is -2.93. The number of hydrogen-bond acceptors (Lipinski definition) is 5. The summed E-state index contributed by atoms with van der Waals surface area (Å²) in [5.74, 6) is 0.152. The molecule has 2 rings (SSSR count). The van der Waals surface area contributed by atoms with Gasteiger partial charge in [0.15, 0.2) is 6.61 Å². The number of nitrogens with zero attached hydrogens (tertiary/aromatic N) is 2. The zero-order chi connectivity index (χ0) is 18.2. The van der Waals surface area contributed by atoms with E-state index in [0.717, 1.165) is 5.56 Å². The molecule has 1 amide bonds. The second-order valence-electron chi connectivity index (χ2n) is 5.83. The van der Waals surface area contributed by atoms with Gasteiger partial charge in [0.25, 0.3) is 11.6 Å². The van der Waals surface area contributed by atoms with Crippen molar-refractivity contribution >= 4 is 11.6 Å². The van der Waals surface area contributed by atoms with E-state index in [1.54, 1.807) is 0 Å². The molecule has 7 heteroatoms. The van der Waals surface area contributed by atoms with Gasteiger partial charge >= 0.3 is 0 Å². The molecule has 2 aromatic carbocycles. The average Bonchev–Trinajstić information content (AvgIpc) is 2.60. The molecule has 0 aliphatic rings. The highest BCUT2D eigenvalue weighted by Crippen LogP contribution is 2.17. The molecule has 0 spiro atoms. The van der Waals surface area contributed by atoms with Crippen LogP contribution in [0.5, 0.6) is 5.75 Å². The van der Waals surface area contributed by atoms with Crippen molar-refractivity contribution in [3.8, 4) is 5.75 Å². The van der Waals surface area contributed by atoms with E-state index in [9.17, 15) is 14.9 Å². The number of likely N-dealkylation sites (N-methyl/N-ethyl adjacent to an activating group) is 1. The maximum atomic E-state index is 12.2. The molecule has 1 N–H and O–H groups in total. The lowest BCUT2D eigenvalue weighted by atomic mass is 10.1. The monoisotopic (exact) mass is 343 g/mol. The van der Waals surface area contributed by atoms with Crippen LogP contribution in [0, 0.1) is 10.1 Å². The number of nitro benzene ring substituents is 1.